The lowest BCUT2D eigenvalue weighted by Gasteiger charge is -2.29. The molecule has 84 valence electrons. The minimum Gasteiger partial charge on any atom is -0.294 e. The van der Waals surface area contributed by atoms with Crippen LogP contribution in [0.15, 0.2) is 35.9 Å². The largest absolute Gasteiger partial charge is 0.294 e. The molecular formula is C15H18O. The van der Waals surface area contributed by atoms with Gasteiger partial charge in [-0.25, -0.2) is 0 Å². The van der Waals surface area contributed by atoms with E-state index in [1.807, 2.05) is 50.3 Å². The molecule has 0 aliphatic heterocycles. The predicted octanol–water partition coefficient (Wildman–Crippen LogP) is 3.85. The molecule has 16 heavy (non-hydrogen) atoms. The Bertz CT molecular complexity index is 412. The molecule has 1 fully saturated rings. The van der Waals surface area contributed by atoms with Gasteiger partial charge in [-0.05, 0) is 36.5 Å². The van der Waals surface area contributed by atoms with E-state index in [2.05, 4.69) is 0 Å². The van der Waals surface area contributed by atoms with Crippen LogP contribution in [0.4, 0.5) is 0 Å². The Kier molecular flexibility index (Phi) is 2.95. The molecule has 1 heteroatoms. The lowest BCUT2D eigenvalue weighted by Crippen LogP contribution is -2.29. The van der Waals surface area contributed by atoms with Gasteiger partial charge in [0, 0.05) is 5.41 Å². The zero-order chi connectivity index (χ0) is 11.6. The highest BCUT2D eigenvalue weighted by Crippen LogP contribution is 2.35. The predicted molar refractivity (Wildman–Crippen MR) is 67.1 cm³/mol. The first-order valence-corrected chi connectivity index (χ1v) is 5.90. The van der Waals surface area contributed by atoms with Crippen molar-refractivity contribution in [2.75, 3.05) is 0 Å². The van der Waals surface area contributed by atoms with Gasteiger partial charge in [-0.3, -0.25) is 4.79 Å². The lowest BCUT2D eigenvalue weighted by atomic mass is 9.73. The molecule has 0 unspecified atom stereocenters. The van der Waals surface area contributed by atoms with Crippen molar-refractivity contribution in [2.24, 2.45) is 5.41 Å². The van der Waals surface area contributed by atoms with E-state index < -0.39 is 0 Å². The highest BCUT2D eigenvalue weighted by molar-refractivity contribution is 6.03. The molecule has 2 rings (SSSR count). The van der Waals surface area contributed by atoms with E-state index in [1.54, 1.807) is 0 Å². The monoisotopic (exact) mass is 214 g/mol. The van der Waals surface area contributed by atoms with Crippen LogP contribution in [-0.4, -0.2) is 5.78 Å². The van der Waals surface area contributed by atoms with Gasteiger partial charge in [0.05, 0.1) is 0 Å². The van der Waals surface area contributed by atoms with Gasteiger partial charge in [-0.15, -0.1) is 0 Å². The molecule has 0 radical (unpaired) electrons. The maximum atomic E-state index is 12.2. The van der Waals surface area contributed by atoms with E-state index in [0.29, 0.717) is 5.78 Å². The minimum absolute atomic E-state index is 0.168. The third-order valence-electron chi connectivity index (χ3n) is 3.29. The molecule has 0 amide bonds. The summed E-state index contributed by atoms with van der Waals surface area (Å²) >= 11 is 0. The van der Waals surface area contributed by atoms with E-state index >= 15 is 0 Å². The van der Waals surface area contributed by atoms with Crippen molar-refractivity contribution in [3.63, 3.8) is 0 Å². The maximum absolute atomic E-state index is 12.2. The Hall–Kier alpha value is -1.37. The van der Waals surface area contributed by atoms with Gasteiger partial charge in [0.25, 0.3) is 0 Å². The number of Topliss-reactive ketones (excluding diaryl/α,β-unsaturated/α-hetero) is 1. The number of benzene rings is 1. The molecular weight excluding hydrogens is 196 g/mol. The van der Waals surface area contributed by atoms with Crippen molar-refractivity contribution in [1.82, 2.24) is 0 Å². The van der Waals surface area contributed by atoms with Gasteiger partial charge in [-0.1, -0.05) is 44.2 Å². The first-order chi connectivity index (χ1) is 7.59. The number of carbonyl (C=O) groups is 1. The highest BCUT2D eigenvalue weighted by atomic mass is 16.1. The van der Waals surface area contributed by atoms with E-state index in [1.165, 1.54) is 0 Å². The Morgan fingerprint density at radius 1 is 1.19 bits per heavy atom. The standard InChI is InChI=1S/C15H18O/c1-15(2)10-6-9-13(14(15)16)11-12-7-4-3-5-8-12/h3-5,7-8,11H,6,9-10H2,1-2H3. The fourth-order valence-corrected chi connectivity index (χ4v) is 2.27. The fraction of sp³-hybridized carbons (Fsp3) is 0.400. The number of carbonyl (C=O) groups excluding carboxylic acids is 1. The number of allylic oxidation sites excluding steroid dienone is 1. The van der Waals surface area contributed by atoms with Crippen LogP contribution >= 0.6 is 0 Å². The summed E-state index contributed by atoms with van der Waals surface area (Å²) < 4.78 is 0. The Labute approximate surface area is 97.2 Å². The molecule has 0 saturated heterocycles. The van der Waals surface area contributed by atoms with Crippen molar-refractivity contribution >= 4 is 11.9 Å². The topological polar surface area (TPSA) is 17.1 Å². The second kappa shape index (κ2) is 4.25. The molecule has 1 aliphatic carbocycles. The summed E-state index contributed by atoms with van der Waals surface area (Å²) in [5.41, 5.74) is 1.95. The third kappa shape index (κ3) is 2.24. The van der Waals surface area contributed by atoms with Gasteiger partial charge in [-0.2, -0.15) is 0 Å². The molecule has 0 spiro atoms. The van der Waals surface area contributed by atoms with Crippen LogP contribution in [0.25, 0.3) is 6.08 Å². The minimum atomic E-state index is -0.168. The summed E-state index contributed by atoms with van der Waals surface area (Å²) in [5, 5.41) is 0. The molecule has 0 heterocycles. The molecule has 1 aromatic rings. The Balaban J connectivity index is 2.28. The summed E-state index contributed by atoms with van der Waals surface area (Å²) in [4.78, 5) is 12.2. The SMILES string of the molecule is CC1(C)CCCC(=Cc2ccccc2)C1=O. The zero-order valence-electron chi connectivity index (χ0n) is 9.99. The summed E-state index contributed by atoms with van der Waals surface area (Å²) in [6, 6.07) is 10.1. The molecule has 1 saturated carbocycles. The van der Waals surface area contributed by atoms with Crippen LogP contribution in [0.5, 0.6) is 0 Å². The summed E-state index contributed by atoms with van der Waals surface area (Å²) in [6.45, 7) is 4.10. The van der Waals surface area contributed by atoms with Crippen LogP contribution in [0.2, 0.25) is 0 Å². The second-order valence-corrected chi connectivity index (χ2v) is 5.15. The molecule has 0 bridgehead atoms. The van der Waals surface area contributed by atoms with Crippen LogP contribution in [0, 0.1) is 5.41 Å². The first kappa shape index (κ1) is 11.1. The fourth-order valence-electron chi connectivity index (χ4n) is 2.27. The summed E-state index contributed by atoms with van der Waals surface area (Å²) in [5.74, 6) is 0.322. The number of rotatable bonds is 1. The van der Waals surface area contributed by atoms with Gasteiger partial charge in [0.2, 0.25) is 0 Å². The smallest absolute Gasteiger partial charge is 0.164 e. The van der Waals surface area contributed by atoms with Gasteiger partial charge in [0.1, 0.15) is 0 Å². The molecule has 0 N–H and O–H groups in total. The van der Waals surface area contributed by atoms with Crippen molar-refractivity contribution in [1.29, 1.82) is 0 Å². The molecule has 0 aromatic heterocycles. The maximum Gasteiger partial charge on any atom is 0.164 e. The van der Waals surface area contributed by atoms with Crippen LogP contribution in [0.3, 0.4) is 0 Å². The van der Waals surface area contributed by atoms with Gasteiger partial charge < -0.3 is 0 Å². The molecule has 0 atom stereocenters. The Morgan fingerprint density at radius 2 is 1.88 bits per heavy atom. The van der Waals surface area contributed by atoms with E-state index in [9.17, 15) is 4.79 Å². The zero-order valence-corrected chi connectivity index (χ0v) is 9.99. The van der Waals surface area contributed by atoms with Crippen molar-refractivity contribution in [3.8, 4) is 0 Å². The van der Waals surface area contributed by atoms with E-state index in [4.69, 9.17) is 0 Å². The van der Waals surface area contributed by atoms with Crippen LogP contribution < -0.4 is 0 Å². The van der Waals surface area contributed by atoms with Gasteiger partial charge >= 0.3 is 0 Å². The Morgan fingerprint density at radius 3 is 2.56 bits per heavy atom. The van der Waals surface area contributed by atoms with Crippen molar-refractivity contribution < 1.29 is 4.79 Å². The average molecular weight is 214 g/mol. The summed E-state index contributed by atoms with van der Waals surface area (Å²) in [6.07, 6.45) is 5.11. The summed E-state index contributed by atoms with van der Waals surface area (Å²) in [7, 11) is 0. The first-order valence-electron chi connectivity index (χ1n) is 5.90. The van der Waals surface area contributed by atoms with Crippen molar-refractivity contribution in [2.45, 2.75) is 33.1 Å². The quantitative estimate of drug-likeness (QED) is 0.649. The van der Waals surface area contributed by atoms with Crippen LogP contribution in [0.1, 0.15) is 38.7 Å². The van der Waals surface area contributed by atoms with E-state index in [-0.39, 0.29) is 5.41 Å². The number of hydrogen-bond donors (Lipinski definition) is 0. The van der Waals surface area contributed by atoms with Crippen molar-refractivity contribution in [3.05, 3.63) is 41.5 Å². The lowest BCUT2D eigenvalue weighted by molar-refractivity contribution is -0.124. The highest BCUT2D eigenvalue weighted by Gasteiger charge is 2.33. The number of ketones is 1. The third-order valence-corrected chi connectivity index (χ3v) is 3.29. The second-order valence-electron chi connectivity index (χ2n) is 5.15. The van der Waals surface area contributed by atoms with E-state index in [0.717, 1.165) is 30.4 Å². The van der Waals surface area contributed by atoms with Crippen LogP contribution in [-0.2, 0) is 4.79 Å². The molecule has 1 nitrogen and oxygen atoms in total. The molecule has 1 aromatic carbocycles. The molecule has 1 aliphatic rings. The number of hydrogen-bond acceptors (Lipinski definition) is 1. The average Bonchev–Trinajstić information content (AvgIpc) is 2.26. The normalized spacial score (nSPS) is 22.4. The van der Waals surface area contributed by atoms with Gasteiger partial charge in [0.15, 0.2) is 5.78 Å².